The number of thiazole rings is 1. The van der Waals surface area contributed by atoms with Gasteiger partial charge in [0.05, 0.1) is 20.7 Å². The van der Waals surface area contributed by atoms with Crippen molar-refractivity contribution in [1.82, 2.24) is 4.98 Å². The summed E-state index contributed by atoms with van der Waals surface area (Å²) in [7, 11) is 0. The van der Waals surface area contributed by atoms with Gasteiger partial charge in [-0.1, -0.05) is 12.1 Å². The van der Waals surface area contributed by atoms with Crippen LogP contribution in [0.3, 0.4) is 0 Å². The number of ether oxygens (including phenoxy) is 1. The summed E-state index contributed by atoms with van der Waals surface area (Å²) in [5.41, 5.74) is 1.07. The lowest BCUT2D eigenvalue weighted by atomic mass is 10.2. The lowest BCUT2D eigenvalue weighted by Crippen LogP contribution is -2.05. The van der Waals surface area contributed by atoms with Gasteiger partial charge in [-0.05, 0) is 24.3 Å². The highest BCUT2D eigenvalue weighted by Gasteiger charge is 2.12. The highest BCUT2D eigenvalue weighted by Crippen LogP contribution is 2.22. The van der Waals surface area contributed by atoms with Crippen LogP contribution in [0.5, 0.6) is 0 Å². The first kappa shape index (κ1) is 14.2. The fourth-order valence-corrected chi connectivity index (χ4v) is 2.79. The Balaban J connectivity index is 1.67. The van der Waals surface area contributed by atoms with Crippen LogP contribution in [0.15, 0.2) is 48.5 Å². The quantitative estimate of drug-likeness (QED) is 0.418. The molecule has 6 nitrogen and oxygen atoms in total. The molecule has 0 amide bonds. The van der Waals surface area contributed by atoms with Crippen molar-refractivity contribution in [3.05, 3.63) is 69.2 Å². The number of hydrogen-bond donors (Lipinski definition) is 0. The molecule has 0 spiro atoms. The number of non-ortho nitro benzene ring substituents is 1. The number of nitrogens with zero attached hydrogens (tertiary/aromatic N) is 2. The summed E-state index contributed by atoms with van der Waals surface area (Å²) in [6.45, 7) is 0.0785. The molecule has 0 aliphatic carbocycles. The first-order valence-electron chi connectivity index (χ1n) is 6.39. The van der Waals surface area contributed by atoms with Gasteiger partial charge in [0.15, 0.2) is 0 Å². The van der Waals surface area contributed by atoms with Crippen molar-refractivity contribution in [2.45, 2.75) is 6.61 Å². The van der Waals surface area contributed by atoms with E-state index in [1.165, 1.54) is 35.6 Å². The summed E-state index contributed by atoms with van der Waals surface area (Å²) in [6.07, 6.45) is 0. The van der Waals surface area contributed by atoms with Gasteiger partial charge in [0.1, 0.15) is 11.6 Å². The van der Waals surface area contributed by atoms with E-state index >= 15 is 0 Å². The molecular formula is C15H10N2O4S. The minimum Gasteiger partial charge on any atom is -0.455 e. The van der Waals surface area contributed by atoms with E-state index in [1.54, 1.807) is 0 Å². The van der Waals surface area contributed by atoms with Crippen LogP contribution in [-0.2, 0) is 11.3 Å². The van der Waals surface area contributed by atoms with Gasteiger partial charge in [0.2, 0.25) is 0 Å². The minimum atomic E-state index is -0.533. The molecule has 0 radical (unpaired) electrons. The zero-order valence-corrected chi connectivity index (χ0v) is 12.1. The second kappa shape index (κ2) is 5.90. The van der Waals surface area contributed by atoms with E-state index in [1.807, 2.05) is 24.3 Å². The number of carbonyl (C=O) groups excluding carboxylic acids is 1. The number of esters is 1. The van der Waals surface area contributed by atoms with Crippen molar-refractivity contribution < 1.29 is 14.5 Å². The predicted octanol–water partition coefficient (Wildman–Crippen LogP) is 3.56. The fourth-order valence-electron chi connectivity index (χ4n) is 1.91. The summed E-state index contributed by atoms with van der Waals surface area (Å²) >= 11 is 1.46. The molecule has 7 heteroatoms. The molecule has 0 unspecified atom stereocenters. The maximum Gasteiger partial charge on any atom is 0.338 e. The summed E-state index contributed by atoms with van der Waals surface area (Å²) in [5, 5.41) is 11.3. The van der Waals surface area contributed by atoms with E-state index in [2.05, 4.69) is 4.98 Å². The maximum atomic E-state index is 11.9. The van der Waals surface area contributed by atoms with Gasteiger partial charge in [-0.3, -0.25) is 10.1 Å². The maximum absolute atomic E-state index is 11.9. The topological polar surface area (TPSA) is 82.3 Å². The number of nitro benzene ring substituents is 1. The number of nitro groups is 1. The highest BCUT2D eigenvalue weighted by molar-refractivity contribution is 7.18. The average molecular weight is 314 g/mol. The van der Waals surface area contributed by atoms with Crippen molar-refractivity contribution in [2.24, 2.45) is 0 Å². The molecule has 2 aromatic carbocycles. The zero-order chi connectivity index (χ0) is 15.5. The van der Waals surface area contributed by atoms with Gasteiger partial charge in [-0.25, -0.2) is 9.78 Å². The first-order chi connectivity index (χ1) is 10.6. The lowest BCUT2D eigenvalue weighted by molar-refractivity contribution is -0.384. The Morgan fingerprint density at radius 1 is 1.18 bits per heavy atom. The van der Waals surface area contributed by atoms with Gasteiger partial charge >= 0.3 is 5.97 Å². The minimum absolute atomic E-state index is 0.0669. The molecule has 3 aromatic rings. The van der Waals surface area contributed by atoms with Gasteiger partial charge in [0.25, 0.3) is 5.69 Å². The van der Waals surface area contributed by atoms with E-state index in [0.717, 1.165) is 10.2 Å². The zero-order valence-electron chi connectivity index (χ0n) is 11.3. The normalized spacial score (nSPS) is 10.5. The predicted molar refractivity (Wildman–Crippen MR) is 81.8 cm³/mol. The number of fused-ring (bicyclic) bond motifs is 1. The molecule has 0 aliphatic rings. The van der Waals surface area contributed by atoms with Crippen LogP contribution in [0, 0.1) is 10.1 Å². The lowest BCUT2D eigenvalue weighted by Gasteiger charge is -2.02. The van der Waals surface area contributed by atoms with Crippen LogP contribution in [0.1, 0.15) is 15.4 Å². The van der Waals surface area contributed by atoms with E-state index in [4.69, 9.17) is 4.74 Å². The molecule has 3 rings (SSSR count). The summed E-state index contributed by atoms with van der Waals surface area (Å²) < 4.78 is 6.21. The largest absolute Gasteiger partial charge is 0.455 e. The molecule has 1 heterocycles. The number of carbonyl (C=O) groups is 1. The number of benzene rings is 2. The van der Waals surface area contributed by atoms with Crippen molar-refractivity contribution in [2.75, 3.05) is 0 Å². The molecule has 22 heavy (non-hydrogen) atoms. The van der Waals surface area contributed by atoms with E-state index in [9.17, 15) is 14.9 Å². The van der Waals surface area contributed by atoms with Crippen molar-refractivity contribution in [3.63, 3.8) is 0 Å². The Bertz CT molecular complexity index is 809. The van der Waals surface area contributed by atoms with E-state index in [0.29, 0.717) is 5.01 Å². The van der Waals surface area contributed by atoms with Crippen LogP contribution in [0.4, 0.5) is 5.69 Å². The Labute approximate surface area is 129 Å². The van der Waals surface area contributed by atoms with Crippen molar-refractivity contribution >= 4 is 33.2 Å². The smallest absolute Gasteiger partial charge is 0.338 e. The highest BCUT2D eigenvalue weighted by atomic mass is 32.1. The number of para-hydroxylation sites is 1. The molecule has 0 saturated carbocycles. The van der Waals surface area contributed by atoms with E-state index in [-0.39, 0.29) is 17.9 Å². The third kappa shape index (κ3) is 2.94. The third-order valence-corrected chi connectivity index (χ3v) is 3.99. The van der Waals surface area contributed by atoms with Gasteiger partial charge in [-0.15, -0.1) is 11.3 Å². The number of aromatic nitrogens is 1. The molecule has 0 bridgehead atoms. The van der Waals surface area contributed by atoms with Crippen molar-refractivity contribution in [1.29, 1.82) is 0 Å². The van der Waals surface area contributed by atoms with Crippen LogP contribution in [-0.4, -0.2) is 15.9 Å². The molecule has 0 atom stereocenters. The molecule has 0 saturated heterocycles. The Hall–Kier alpha value is -2.80. The fraction of sp³-hybridized carbons (Fsp3) is 0.0667. The summed E-state index contributed by atoms with van der Waals surface area (Å²) in [5.74, 6) is -0.533. The van der Waals surface area contributed by atoms with Gasteiger partial charge < -0.3 is 4.74 Å². The third-order valence-electron chi connectivity index (χ3n) is 2.98. The van der Waals surface area contributed by atoms with Gasteiger partial charge in [-0.2, -0.15) is 0 Å². The SMILES string of the molecule is O=C(OCc1nc2ccccc2s1)c1ccc([N+](=O)[O-])cc1. The Morgan fingerprint density at radius 2 is 1.91 bits per heavy atom. The molecule has 0 fully saturated rings. The van der Waals surface area contributed by atoms with Crippen LogP contribution >= 0.6 is 11.3 Å². The average Bonchev–Trinajstić information content (AvgIpc) is 2.95. The summed E-state index contributed by atoms with van der Waals surface area (Å²) in [4.78, 5) is 26.3. The number of rotatable bonds is 4. The van der Waals surface area contributed by atoms with Gasteiger partial charge in [0, 0.05) is 12.1 Å². The molecule has 0 aliphatic heterocycles. The van der Waals surface area contributed by atoms with E-state index < -0.39 is 10.9 Å². The second-order valence-electron chi connectivity index (χ2n) is 4.46. The number of hydrogen-bond acceptors (Lipinski definition) is 6. The molecule has 110 valence electrons. The molecular weight excluding hydrogens is 304 g/mol. The standard InChI is InChI=1S/C15H10N2O4S/c18-15(10-5-7-11(8-6-10)17(19)20)21-9-14-16-12-3-1-2-4-13(12)22-14/h1-8H,9H2. The van der Waals surface area contributed by atoms with Crippen LogP contribution in [0.2, 0.25) is 0 Å². The molecule has 1 aromatic heterocycles. The second-order valence-corrected chi connectivity index (χ2v) is 5.57. The van der Waals surface area contributed by atoms with Crippen LogP contribution < -0.4 is 0 Å². The van der Waals surface area contributed by atoms with Crippen LogP contribution in [0.25, 0.3) is 10.2 Å². The summed E-state index contributed by atoms with van der Waals surface area (Å²) in [6, 6.07) is 13.0. The molecule has 0 N–H and O–H groups in total. The first-order valence-corrected chi connectivity index (χ1v) is 7.21. The Kier molecular flexibility index (Phi) is 3.80. The Morgan fingerprint density at radius 3 is 2.59 bits per heavy atom. The van der Waals surface area contributed by atoms with Crippen molar-refractivity contribution in [3.8, 4) is 0 Å². The monoisotopic (exact) mass is 314 g/mol.